The number of nitrogens with zero attached hydrogens (tertiary/aromatic N) is 1. The summed E-state index contributed by atoms with van der Waals surface area (Å²) < 4.78 is 0. The van der Waals surface area contributed by atoms with E-state index in [1.165, 1.54) is 16.7 Å². The minimum atomic E-state index is 0.396. The van der Waals surface area contributed by atoms with E-state index in [0.717, 1.165) is 12.1 Å². The highest BCUT2D eigenvalue weighted by Gasteiger charge is 2.38. The summed E-state index contributed by atoms with van der Waals surface area (Å²) in [4.78, 5) is 5.10. The van der Waals surface area contributed by atoms with Crippen LogP contribution in [0.5, 0.6) is 0 Å². The van der Waals surface area contributed by atoms with Gasteiger partial charge in [0.25, 0.3) is 0 Å². The molecule has 0 bridgehead atoms. The zero-order valence-corrected chi connectivity index (χ0v) is 13.0. The van der Waals surface area contributed by atoms with E-state index in [1.807, 2.05) is 0 Å². The molecule has 1 aliphatic carbocycles. The summed E-state index contributed by atoms with van der Waals surface area (Å²) in [5.74, 6) is 0.568. The van der Waals surface area contributed by atoms with E-state index in [9.17, 15) is 0 Å². The molecule has 0 spiro atoms. The number of rotatable bonds is 4. The molecule has 1 fully saturated rings. The Labute approximate surface area is 137 Å². The van der Waals surface area contributed by atoms with Gasteiger partial charge in [0.05, 0.1) is 11.8 Å². The van der Waals surface area contributed by atoms with Gasteiger partial charge in [-0.1, -0.05) is 91.0 Å². The Hall–Kier alpha value is -2.67. The van der Waals surface area contributed by atoms with Crippen LogP contribution in [0.25, 0.3) is 0 Å². The maximum Gasteiger partial charge on any atom is 0.0722 e. The van der Waals surface area contributed by atoms with Crippen molar-refractivity contribution in [2.45, 2.75) is 18.4 Å². The molecule has 0 N–H and O–H groups in total. The van der Waals surface area contributed by atoms with Crippen molar-refractivity contribution in [3.8, 4) is 0 Å². The lowest BCUT2D eigenvalue weighted by Gasteiger charge is -2.08. The Morgan fingerprint density at radius 2 is 1.13 bits per heavy atom. The first kappa shape index (κ1) is 14.0. The standard InChI is InChI=1S/C22H19N/c1-4-10-17(11-5-1)20-16-21(20)23-22(18-12-6-2-7-13-18)19-14-8-3-9-15-19/h1-15,20-21H,16H2/t20-,21+/m1/s1. The van der Waals surface area contributed by atoms with Gasteiger partial charge < -0.3 is 0 Å². The molecule has 3 aromatic carbocycles. The van der Waals surface area contributed by atoms with Crippen molar-refractivity contribution < 1.29 is 0 Å². The highest BCUT2D eigenvalue weighted by Crippen LogP contribution is 2.43. The van der Waals surface area contributed by atoms with E-state index >= 15 is 0 Å². The zero-order chi connectivity index (χ0) is 15.5. The Balaban J connectivity index is 1.67. The molecule has 0 heterocycles. The third kappa shape index (κ3) is 3.09. The predicted octanol–water partition coefficient (Wildman–Crippen LogP) is 5.08. The van der Waals surface area contributed by atoms with E-state index < -0.39 is 0 Å². The van der Waals surface area contributed by atoms with Crippen LogP contribution < -0.4 is 0 Å². The summed E-state index contributed by atoms with van der Waals surface area (Å²) in [6.45, 7) is 0. The van der Waals surface area contributed by atoms with Gasteiger partial charge >= 0.3 is 0 Å². The van der Waals surface area contributed by atoms with Crippen LogP contribution in [0.2, 0.25) is 0 Å². The van der Waals surface area contributed by atoms with Crippen LogP contribution in [0.3, 0.4) is 0 Å². The molecule has 1 saturated carbocycles. The van der Waals surface area contributed by atoms with Crippen molar-refractivity contribution in [1.29, 1.82) is 0 Å². The molecule has 0 unspecified atom stereocenters. The molecule has 1 heteroatoms. The van der Waals surface area contributed by atoms with Crippen molar-refractivity contribution >= 4 is 5.71 Å². The molecule has 1 aliphatic rings. The second-order valence-corrected chi connectivity index (χ2v) is 6.03. The number of aliphatic imine (C=N–C) groups is 1. The van der Waals surface area contributed by atoms with Crippen LogP contribution in [0.1, 0.15) is 29.0 Å². The Bertz CT molecular complexity index is 750. The van der Waals surface area contributed by atoms with E-state index in [-0.39, 0.29) is 0 Å². The lowest BCUT2D eigenvalue weighted by molar-refractivity contribution is 0.990. The molecule has 0 amide bonds. The molecule has 0 radical (unpaired) electrons. The second kappa shape index (κ2) is 6.21. The van der Waals surface area contributed by atoms with Gasteiger partial charge in [-0.15, -0.1) is 0 Å². The molecule has 0 saturated heterocycles. The van der Waals surface area contributed by atoms with Crippen molar-refractivity contribution in [2.75, 3.05) is 0 Å². The van der Waals surface area contributed by atoms with Gasteiger partial charge in [0.15, 0.2) is 0 Å². The highest BCUT2D eigenvalue weighted by atomic mass is 14.9. The third-order valence-electron chi connectivity index (χ3n) is 4.37. The maximum atomic E-state index is 5.10. The van der Waals surface area contributed by atoms with Crippen molar-refractivity contribution in [2.24, 2.45) is 4.99 Å². The average molecular weight is 297 g/mol. The quantitative estimate of drug-likeness (QED) is 0.595. The number of hydrogen-bond acceptors (Lipinski definition) is 1. The second-order valence-electron chi connectivity index (χ2n) is 6.03. The van der Waals surface area contributed by atoms with Crippen LogP contribution in [0, 0.1) is 0 Å². The summed E-state index contributed by atoms with van der Waals surface area (Å²) in [6.07, 6.45) is 1.15. The van der Waals surface area contributed by atoms with E-state index in [4.69, 9.17) is 4.99 Å². The summed E-state index contributed by atoms with van der Waals surface area (Å²) in [7, 11) is 0. The van der Waals surface area contributed by atoms with Crippen molar-refractivity contribution in [1.82, 2.24) is 0 Å². The molecular weight excluding hydrogens is 278 g/mol. The summed E-state index contributed by atoms with van der Waals surface area (Å²) in [6, 6.07) is 32.1. The van der Waals surface area contributed by atoms with Crippen LogP contribution >= 0.6 is 0 Å². The summed E-state index contributed by atoms with van der Waals surface area (Å²) >= 11 is 0. The topological polar surface area (TPSA) is 12.4 Å². The molecule has 0 aromatic heterocycles. The molecule has 1 nitrogen and oxygen atoms in total. The third-order valence-corrected chi connectivity index (χ3v) is 4.37. The first-order chi connectivity index (χ1) is 11.4. The van der Waals surface area contributed by atoms with E-state index in [1.54, 1.807) is 0 Å². The van der Waals surface area contributed by atoms with Gasteiger partial charge in [-0.2, -0.15) is 0 Å². The molecule has 3 aromatic rings. The first-order valence-corrected chi connectivity index (χ1v) is 8.15. The minimum Gasteiger partial charge on any atom is -0.280 e. The van der Waals surface area contributed by atoms with Gasteiger partial charge in [0.1, 0.15) is 0 Å². The normalized spacial score (nSPS) is 19.1. The fourth-order valence-electron chi connectivity index (χ4n) is 3.06. The van der Waals surface area contributed by atoms with Crippen LogP contribution in [-0.4, -0.2) is 11.8 Å². The maximum absolute atomic E-state index is 5.10. The van der Waals surface area contributed by atoms with Crippen molar-refractivity contribution in [3.63, 3.8) is 0 Å². The SMILES string of the molecule is c1ccc(C(=N[C@H]2C[C@@H]2c2ccccc2)c2ccccc2)cc1. The molecular formula is C22H19N. The monoisotopic (exact) mass is 297 g/mol. The smallest absolute Gasteiger partial charge is 0.0722 e. The van der Waals surface area contributed by atoms with Gasteiger partial charge in [0, 0.05) is 17.0 Å². The van der Waals surface area contributed by atoms with E-state index in [0.29, 0.717) is 12.0 Å². The zero-order valence-electron chi connectivity index (χ0n) is 13.0. The average Bonchev–Trinajstić information content (AvgIpc) is 3.41. The lowest BCUT2D eigenvalue weighted by Crippen LogP contribution is -2.05. The van der Waals surface area contributed by atoms with Gasteiger partial charge in [-0.25, -0.2) is 0 Å². The summed E-state index contributed by atoms with van der Waals surface area (Å²) in [5.41, 5.74) is 4.89. The van der Waals surface area contributed by atoms with Gasteiger partial charge in [-0.3, -0.25) is 4.99 Å². The predicted molar refractivity (Wildman–Crippen MR) is 96.1 cm³/mol. The van der Waals surface area contributed by atoms with Crippen LogP contribution in [-0.2, 0) is 0 Å². The summed E-state index contributed by atoms with van der Waals surface area (Å²) in [5, 5.41) is 0. The fourth-order valence-corrected chi connectivity index (χ4v) is 3.06. The molecule has 2 atom stereocenters. The largest absolute Gasteiger partial charge is 0.280 e. The minimum absolute atomic E-state index is 0.396. The Morgan fingerprint density at radius 3 is 1.65 bits per heavy atom. The van der Waals surface area contributed by atoms with Crippen LogP contribution in [0.4, 0.5) is 0 Å². The lowest BCUT2D eigenvalue weighted by atomic mass is 10.0. The van der Waals surface area contributed by atoms with Gasteiger partial charge in [0.2, 0.25) is 0 Å². The molecule has 4 rings (SSSR count). The van der Waals surface area contributed by atoms with Crippen LogP contribution in [0.15, 0.2) is 96.0 Å². The Kier molecular flexibility index (Phi) is 3.77. The number of benzene rings is 3. The Morgan fingerprint density at radius 1 is 0.652 bits per heavy atom. The highest BCUT2D eigenvalue weighted by molar-refractivity contribution is 6.13. The van der Waals surface area contributed by atoms with Crippen molar-refractivity contribution in [3.05, 3.63) is 108 Å². The van der Waals surface area contributed by atoms with E-state index in [2.05, 4.69) is 91.0 Å². The molecule has 112 valence electrons. The van der Waals surface area contributed by atoms with Gasteiger partial charge in [-0.05, 0) is 12.0 Å². The molecule has 0 aliphatic heterocycles. The number of hydrogen-bond donors (Lipinski definition) is 0. The fraction of sp³-hybridized carbons (Fsp3) is 0.136. The molecule has 23 heavy (non-hydrogen) atoms. The first-order valence-electron chi connectivity index (χ1n) is 8.15.